The molecule has 2 saturated heterocycles. The third-order valence-electron chi connectivity index (χ3n) is 5.00. The first-order valence-corrected chi connectivity index (χ1v) is 11.2. The van der Waals surface area contributed by atoms with Crippen LogP contribution in [0.1, 0.15) is 5.56 Å². The van der Waals surface area contributed by atoms with Gasteiger partial charge in [0.2, 0.25) is 10.0 Å². The Bertz CT molecular complexity index is 907. The van der Waals surface area contributed by atoms with Crippen LogP contribution >= 0.6 is 0 Å². The number of carbonyl (C=O) groups is 1. The van der Waals surface area contributed by atoms with E-state index in [1.165, 1.54) is 4.31 Å². The van der Waals surface area contributed by atoms with Crippen LogP contribution in [0.5, 0.6) is 0 Å². The van der Waals surface area contributed by atoms with Gasteiger partial charge in [-0.05, 0) is 17.7 Å². The summed E-state index contributed by atoms with van der Waals surface area (Å²) < 4.78 is 43.4. The standard InChI is InChI=1S/C20H24N2O6S/c23-20(19-13-27-17-6-1-2-7-18(17)28-19)21-16-5-3-4-15(12-16)14-29(24,25)22-8-10-26-11-9-22/h1-7,12,17-19H,8-11,13-14H2,(H,21,23)/t17-,18+,19+/m1/s1. The van der Waals surface area contributed by atoms with E-state index in [-0.39, 0.29) is 30.5 Å². The van der Waals surface area contributed by atoms with E-state index in [2.05, 4.69) is 5.32 Å². The molecule has 2 heterocycles. The Morgan fingerprint density at radius 3 is 2.69 bits per heavy atom. The predicted octanol–water partition coefficient (Wildman–Crippen LogP) is 1.07. The molecule has 0 bridgehead atoms. The molecule has 2 fully saturated rings. The van der Waals surface area contributed by atoms with Crippen molar-refractivity contribution in [3.05, 3.63) is 54.1 Å². The average molecular weight is 420 g/mol. The number of ether oxygens (including phenoxy) is 3. The van der Waals surface area contributed by atoms with E-state index in [0.717, 1.165) is 0 Å². The Labute approximate surface area is 170 Å². The van der Waals surface area contributed by atoms with Gasteiger partial charge in [0.1, 0.15) is 12.2 Å². The van der Waals surface area contributed by atoms with Gasteiger partial charge in [-0.3, -0.25) is 4.79 Å². The Morgan fingerprint density at radius 1 is 1.14 bits per heavy atom. The Kier molecular flexibility index (Phi) is 6.12. The van der Waals surface area contributed by atoms with E-state index in [1.807, 2.05) is 24.3 Å². The van der Waals surface area contributed by atoms with Crippen molar-refractivity contribution in [3.8, 4) is 0 Å². The number of nitrogens with one attached hydrogen (secondary N) is 1. The zero-order chi connectivity index (χ0) is 20.3. The fourth-order valence-electron chi connectivity index (χ4n) is 3.49. The summed E-state index contributed by atoms with van der Waals surface area (Å²) in [5.41, 5.74) is 1.13. The van der Waals surface area contributed by atoms with Crippen LogP contribution in [0.2, 0.25) is 0 Å². The highest BCUT2D eigenvalue weighted by Gasteiger charge is 2.33. The number of fused-ring (bicyclic) bond motifs is 1. The number of rotatable bonds is 5. The molecule has 1 aliphatic carbocycles. The second kappa shape index (κ2) is 8.76. The van der Waals surface area contributed by atoms with Gasteiger partial charge in [0.25, 0.3) is 5.91 Å². The molecular formula is C20H24N2O6S. The molecule has 1 amide bonds. The molecule has 3 atom stereocenters. The predicted molar refractivity (Wildman–Crippen MR) is 107 cm³/mol. The van der Waals surface area contributed by atoms with Crippen molar-refractivity contribution < 1.29 is 27.4 Å². The first-order valence-electron chi connectivity index (χ1n) is 9.59. The number of hydrogen-bond acceptors (Lipinski definition) is 6. The number of carbonyl (C=O) groups excluding carboxylic acids is 1. The van der Waals surface area contributed by atoms with Crippen LogP contribution < -0.4 is 5.32 Å². The number of amides is 1. The molecule has 8 nitrogen and oxygen atoms in total. The first-order chi connectivity index (χ1) is 14.0. The van der Waals surface area contributed by atoms with Crippen molar-refractivity contribution in [2.24, 2.45) is 0 Å². The highest BCUT2D eigenvalue weighted by molar-refractivity contribution is 7.88. The van der Waals surface area contributed by atoms with E-state index in [0.29, 0.717) is 37.6 Å². The van der Waals surface area contributed by atoms with Crippen molar-refractivity contribution in [1.82, 2.24) is 4.31 Å². The molecule has 1 N–H and O–H groups in total. The van der Waals surface area contributed by atoms with Gasteiger partial charge in [-0.25, -0.2) is 8.42 Å². The van der Waals surface area contributed by atoms with Gasteiger partial charge >= 0.3 is 0 Å². The highest BCUT2D eigenvalue weighted by Crippen LogP contribution is 2.22. The van der Waals surface area contributed by atoms with Gasteiger partial charge in [0, 0.05) is 18.8 Å². The molecule has 0 radical (unpaired) electrons. The minimum absolute atomic E-state index is 0.124. The summed E-state index contributed by atoms with van der Waals surface area (Å²) >= 11 is 0. The van der Waals surface area contributed by atoms with E-state index >= 15 is 0 Å². The summed E-state index contributed by atoms with van der Waals surface area (Å²) in [4.78, 5) is 12.6. The van der Waals surface area contributed by atoms with Crippen LogP contribution in [-0.2, 0) is 34.8 Å². The SMILES string of the molecule is O=C(Nc1cccc(CS(=O)(=O)N2CCOCC2)c1)[C@@H]1CO[C@@H]2C=CC=C[C@@H]2O1. The summed E-state index contributed by atoms with van der Waals surface area (Å²) in [6.45, 7) is 1.71. The maximum Gasteiger partial charge on any atom is 0.255 e. The number of morpholine rings is 1. The molecule has 1 aromatic rings. The lowest BCUT2D eigenvalue weighted by Gasteiger charge is -2.34. The van der Waals surface area contributed by atoms with Crippen molar-refractivity contribution in [2.45, 2.75) is 24.1 Å². The maximum atomic E-state index is 12.6. The summed E-state index contributed by atoms with van der Waals surface area (Å²) in [7, 11) is -3.43. The average Bonchev–Trinajstić information content (AvgIpc) is 2.74. The van der Waals surface area contributed by atoms with E-state index in [1.54, 1.807) is 24.3 Å². The Hall–Kier alpha value is -2.04. The van der Waals surface area contributed by atoms with Gasteiger partial charge in [-0.1, -0.05) is 36.4 Å². The summed E-state index contributed by atoms with van der Waals surface area (Å²) in [5.74, 6) is -0.444. The van der Waals surface area contributed by atoms with Crippen LogP contribution in [0.15, 0.2) is 48.6 Å². The van der Waals surface area contributed by atoms with Crippen molar-refractivity contribution in [3.63, 3.8) is 0 Å². The summed E-state index contributed by atoms with van der Waals surface area (Å²) in [5, 5.41) is 2.80. The van der Waals surface area contributed by atoms with Gasteiger partial charge in [0.15, 0.2) is 6.10 Å². The molecule has 0 spiro atoms. The zero-order valence-corrected chi connectivity index (χ0v) is 16.7. The van der Waals surface area contributed by atoms with Crippen molar-refractivity contribution in [2.75, 3.05) is 38.2 Å². The highest BCUT2D eigenvalue weighted by atomic mass is 32.2. The number of allylic oxidation sites excluding steroid dienone is 2. The number of sulfonamides is 1. The lowest BCUT2D eigenvalue weighted by molar-refractivity contribution is -0.164. The van der Waals surface area contributed by atoms with Gasteiger partial charge in [-0.2, -0.15) is 4.31 Å². The van der Waals surface area contributed by atoms with Crippen molar-refractivity contribution >= 4 is 21.6 Å². The molecule has 4 rings (SSSR count). The molecule has 156 valence electrons. The number of benzene rings is 1. The molecule has 0 saturated carbocycles. The normalized spacial score (nSPS) is 27.4. The summed E-state index contributed by atoms with van der Waals surface area (Å²) in [6, 6.07) is 6.85. The first kappa shape index (κ1) is 20.2. The molecule has 3 aliphatic rings. The molecule has 2 aliphatic heterocycles. The second-order valence-electron chi connectivity index (χ2n) is 7.11. The smallest absolute Gasteiger partial charge is 0.255 e. The largest absolute Gasteiger partial charge is 0.379 e. The van der Waals surface area contributed by atoms with E-state index < -0.39 is 16.1 Å². The zero-order valence-electron chi connectivity index (χ0n) is 15.9. The molecule has 29 heavy (non-hydrogen) atoms. The van der Waals surface area contributed by atoms with Gasteiger partial charge in [-0.15, -0.1) is 0 Å². The lowest BCUT2D eigenvalue weighted by atomic mass is 10.1. The monoisotopic (exact) mass is 420 g/mol. The molecule has 9 heteroatoms. The van der Waals surface area contributed by atoms with Crippen LogP contribution in [0.25, 0.3) is 0 Å². The quantitative estimate of drug-likeness (QED) is 0.766. The van der Waals surface area contributed by atoms with E-state index in [9.17, 15) is 13.2 Å². The third-order valence-corrected chi connectivity index (χ3v) is 6.85. The van der Waals surface area contributed by atoms with Crippen molar-refractivity contribution in [1.29, 1.82) is 0 Å². The minimum atomic E-state index is -3.43. The molecular weight excluding hydrogens is 396 g/mol. The van der Waals surface area contributed by atoms with Crippen LogP contribution in [-0.4, -0.2) is 69.9 Å². The topological polar surface area (TPSA) is 94.2 Å². The Morgan fingerprint density at radius 2 is 1.90 bits per heavy atom. The van der Waals surface area contributed by atoms with Gasteiger partial charge in [0.05, 0.1) is 25.6 Å². The van der Waals surface area contributed by atoms with Crippen LogP contribution in [0, 0.1) is 0 Å². The second-order valence-corrected chi connectivity index (χ2v) is 9.08. The third kappa shape index (κ3) is 4.93. The summed E-state index contributed by atoms with van der Waals surface area (Å²) in [6.07, 6.45) is 6.34. The number of hydrogen-bond donors (Lipinski definition) is 1. The lowest BCUT2D eigenvalue weighted by Crippen LogP contribution is -2.47. The molecule has 1 aromatic carbocycles. The Balaban J connectivity index is 1.38. The maximum absolute atomic E-state index is 12.6. The molecule has 0 aromatic heterocycles. The van der Waals surface area contributed by atoms with Crippen LogP contribution in [0.4, 0.5) is 5.69 Å². The van der Waals surface area contributed by atoms with Gasteiger partial charge < -0.3 is 19.5 Å². The van der Waals surface area contributed by atoms with Crippen LogP contribution in [0.3, 0.4) is 0 Å². The fraction of sp³-hybridized carbons (Fsp3) is 0.450. The van der Waals surface area contributed by atoms with E-state index in [4.69, 9.17) is 14.2 Å². The molecule has 0 unspecified atom stereocenters. The fourth-order valence-corrected chi connectivity index (χ4v) is 4.98. The minimum Gasteiger partial charge on any atom is -0.379 e. The number of nitrogens with zero attached hydrogens (tertiary/aromatic N) is 1. The number of anilines is 1.